The third-order valence-corrected chi connectivity index (χ3v) is 2.36. The molecule has 0 spiro atoms. The van der Waals surface area contributed by atoms with Crippen LogP contribution in [0.3, 0.4) is 0 Å². The van der Waals surface area contributed by atoms with Crippen molar-refractivity contribution in [1.29, 1.82) is 0 Å². The Balaban J connectivity index is 2.10. The van der Waals surface area contributed by atoms with Crippen LogP contribution < -0.4 is 16.6 Å². The Morgan fingerprint density at radius 1 is 1.18 bits per heavy atom. The van der Waals surface area contributed by atoms with E-state index in [1.165, 1.54) is 0 Å². The fourth-order valence-corrected chi connectivity index (χ4v) is 1.47. The van der Waals surface area contributed by atoms with Crippen molar-refractivity contribution >= 4 is 11.8 Å². The van der Waals surface area contributed by atoms with Gasteiger partial charge in [0.05, 0.1) is 6.04 Å². The highest BCUT2D eigenvalue weighted by Crippen LogP contribution is 2.16. The largest absolute Gasteiger partial charge is 0.363 e. The second kappa shape index (κ2) is 5.22. The molecule has 4 N–H and O–H groups in total. The Morgan fingerprint density at radius 3 is 2.65 bits per heavy atom. The number of nitrogens with zero attached hydrogens (tertiary/aromatic N) is 3. The zero-order valence-corrected chi connectivity index (χ0v) is 9.46. The first-order chi connectivity index (χ1) is 8.29. The average molecular weight is 230 g/mol. The molecule has 2 aromatic heterocycles. The van der Waals surface area contributed by atoms with Crippen molar-refractivity contribution in [3.05, 3.63) is 42.4 Å². The molecule has 0 aliphatic heterocycles. The Morgan fingerprint density at radius 2 is 1.94 bits per heavy atom. The van der Waals surface area contributed by atoms with Gasteiger partial charge in [0, 0.05) is 18.6 Å². The number of nitrogens with one attached hydrogen (secondary N) is 2. The van der Waals surface area contributed by atoms with Gasteiger partial charge >= 0.3 is 0 Å². The summed E-state index contributed by atoms with van der Waals surface area (Å²) in [6.45, 7) is 2.05. The third-order valence-electron chi connectivity index (χ3n) is 2.36. The molecule has 17 heavy (non-hydrogen) atoms. The molecule has 0 aliphatic carbocycles. The molecule has 0 saturated heterocycles. The maximum Gasteiger partial charge on any atom is 0.239 e. The van der Waals surface area contributed by atoms with Crippen LogP contribution in [0.1, 0.15) is 18.5 Å². The molecule has 0 radical (unpaired) electrons. The van der Waals surface area contributed by atoms with Gasteiger partial charge < -0.3 is 5.32 Å². The predicted octanol–water partition coefficient (Wildman–Crippen LogP) is 1.33. The summed E-state index contributed by atoms with van der Waals surface area (Å²) in [4.78, 5) is 12.1. The second-order valence-electron chi connectivity index (χ2n) is 3.56. The lowest BCUT2D eigenvalue weighted by molar-refractivity contribution is 0.868. The average Bonchev–Trinajstić information content (AvgIpc) is 2.40. The van der Waals surface area contributed by atoms with Gasteiger partial charge in [-0.05, 0) is 30.7 Å². The first kappa shape index (κ1) is 11.3. The molecule has 6 nitrogen and oxygen atoms in total. The van der Waals surface area contributed by atoms with Crippen molar-refractivity contribution in [1.82, 2.24) is 15.0 Å². The molecular weight excluding hydrogens is 216 g/mol. The molecule has 0 bridgehead atoms. The summed E-state index contributed by atoms with van der Waals surface area (Å²) in [5, 5.41) is 3.26. The number of pyridine rings is 1. The fraction of sp³-hybridized carbons (Fsp3) is 0.182. The fourth-order valence-electron chi connectivity index (χ4n) is 1.47. The van der Waals surface area contributed by atoms with Crippen LogP contribution in [-0.4, -0.2) is 15.0 Å². The molecule has 0 aliphatic rings. The van der Waals surface area contributed by atoms with E-state index in [0.29, 0.717) is 5.95 Å². The topological polar surface area (TPSA) is 88.8 Å². The van der Waals surface area contributed by atoms with Crippen molar-refractivity contribution < 1.29 is 0 Å². The summed E-state index contributed by atoms with van der Waals surface area (Å²) in [5.74, 6) is 6.36. The van der Waals surface area contributed by atoms with Gasteiger partial charge in [0.25, 0.3) is 0 Å². The Labute approximate surface area is 99.3 Å². The zero-order chi connectivity index (χ0) is 12.1. The highest BCUT2D eigenvalue weighted by molar-refractivity contribution is 5.41. The van der Waals surface area contributed by atoms with E-state index in [4.69, 9.17) is 5.84 Å². The van der Waals surface area contributed by atoms with E-state index in [1.807, 2.05) is 19.1 Å². The molecule has 0 aromatic carbocycles. The lowest BCUT2D eigenvalue weighted by Gasteiger charge is -2.14. The molecule has 88 valence electrons. The normalized spacial score (nSPS) is 11.9. The maximum absolute atomic E-state index is 5.25. The van der Waals surface area contributed by atoms with E-state index in [0.717, 1.165) is 11.4 Å². The molecular formula is C11H14N6. The third kappa shape index (κ3) is 2.88. The predicted molar refractivity (Wildman–Crippen MR) is 66.1 cm³/mol. The van der Waals surface area contributed by atoms with Gasteiger partial charge in [-0.2, -0.15) is 4.98 Å². The van der Waals surface area contributed by atoms with Crippen molar-refractivity contribution in [2.45, 2.75) is 13.0 Å². The van der Waals surface area contributed by atoms with E-state index in [-0.39, 0.29) is 6.04 Å². The molecule has 0 fully saturated rings. The van der Waals surface area contributed by atoms with Crippen LogP contribution >= 0.6 is 0 Å². The number of aromatic nitrogens is 3. The van der Waals surface area contributed by atoms with E-state index in [9.17, 15) is 0 Å². The van der Waals surface area contributed by atoms with Gasteiger partial charge in [-0.15, -0.1) is 0 Å². The molecule has 1 atom stereocenters. The van der Waals surface area contributed by atoms with Crippen LogP contribution in [0, 0.1) is 0 Å². The number of hydrazine groups is 1. The first-order valence-corrected chi connectivity index (χ1v) is 5.25. The van der Waals surface area contributed by atoms with Crippen LogP contribution in [-0.2, 0) is 0 Å². The van der Waals surface area contributed by atoms with E-state index < -0.39 is 0 Å². The Kier molecular flexibility index (Phi) is 3.46. The Hall–Kier alpha value is -2.21. The van der Waals surface area contributed by atoms with Crippen LogP contribution in [0.5, 0.6) is 0 Å². The summed E-state index contributed by atoms with van der Waals surface area (Å²) < 4.78 is 0. The summed E-state index contributed by atoms with van der Waals surface area (Å²) in [6.07, 6.45) is 5.17. The summed E-state index contributed by atoms with van der Waals surface area (Å²) in [5.41, 5.74) is 3.55. The van der Waals surface area contributed by atoms with Gasteiger partial charge in [0.1, 0.15) is 5.82 Å². The second-order valence-corrected chi connectivity index (χ2v) is 3.56. The highest BCUT2D eigenvalue weighted by Gasteiger charge is 2.05. The number of rotatable bonds is 4. The maximum atomic E-state index is 5.25. The zero-order valence-electron chi connectivity index (χ0n) is 9.46. The van der Waals surface area contributed by atoms with Crippen molar-refractivity contribution in [3.8, 4) is 0 Å². The van der Waals surface area contributed by atoms with Crippen molar-refractivity contribution in [2.75, 3.05) is 10.7 Å². The smallest absolute Gasteiger partial charge is 0.239 e. The molecule has 2 heterocycles. The number of anilines is 2. The van der Waals surface area contributed by atoms with Gasteiger partial charge in [0.15, 0.2) is 0 Å². The minimum atomic E-state index is 0.138. The van der Waals surface area contributed by atoms with E-state index >= 15 is 0 Å². The number of hydrogen-bond donors (Lipinski definition) is 3. The van der Waals surface area contributed by atoms with Gasteiger partial charge in [-0.25, -0.2) is 10.8 Å². The molecule has 6 heteroatoms. The lowest BCUT2D eigenvalue weighted by Crippen LogP contribution is -2.13. The summed E-state index contributed by atoms with van der Waals surface area (Å²) in [7, 11) is 0. The molecule has 2 aromatic rings. The molecule has 0 amide bonds. The van der Waals surface area contributed by atoms with Crippen LogP contribution in [0.2, 0.25) is 0 Å². The summed E-state index contributed by atoms with van der Waals surface area (Å²) in [6, 6.07) is 5.85. The van der Waals surface area contributed by atoms with E-state index in [2.05, 4.69) is 25.7 Å². The van der Waals surface area contributed by atoms with E-state index in [1.54, 1.807) is 24.7 Å². The van der Waals surface area contributed by atoms with Crippen molar-refractivity contribution in [3.63, 3.8) is 0 Å². The Bertz CT molecular complexity index is 472. The van der Waals surface area contributed by atoms with Crippen molar-refractivity contribution in [2.24, 2.45) is 5.84 Å². The molecule has 1 unspecified atom stereocenters. The quantitative estimate of drug-likeness (QED) is 0.542. The number of nitrogen functional groups attached to an aromatic ring is 1. The van der Waals surface area contributed by atoms with Crippen LogP contribution in [0.4, 0.5) is 11.8 Å². The SMILES string of the molecule is CC(Nc1ccnc(NN)n1)c1ccncc1. The highest BCUT2D eigenvalue weighted by atomic mass is 15.3. The lowest BCUT2D eigenvalue weighted by atomic mass is 10.1. The van der Waals surface area contributed by atoms with Crippen LogP contribution in [0.15, 0.2) is 36.8 Å². The monoisotopic (exact) mass is 230 g/mol. The van der Waals surface area contributed by atoms with Gasteiger partial charge in [0.2, 0.25) is 5.95 Å². The molecule has 0 saturated carbocycles. The minimum Gasteiger partial charge on any atom is -0.363 e. The standard InChI is InChI=1S/C11H14N6/c1-8(9-2-5-13-6-3-9)15-10-4-7-14-11(16-10)17-12/h2-8H,12H2,1H3,(H2,14,15,16,17). The van der Waals surface area contributed by atoms with Gasteiger partial charge in [-0.1, -0.05) is 0 Å². The first-order valence-electron chi connectivity index (χ1n) is 5.25. The molecule has 2 rings (SSSR count). The van der Waals surface area contributed by atoms with Gasteiger partial charge in [-0.3, -0.25) is 10.4 Å². The minimum absolute atomic E-state index is 0.138. The number of nitrogens with two attached hydrogens (primary N) is 1. The summed E-state index contributed by atoms with van der Waals surface area (Å²) >= 11 is 0. The number of hydrogen-bond acceptors (Lipinski definition) is 6. The van der Waals surface area contributed by atoms with Crippen LogP contribution in [0.25, 0.3) is 0 Å².